The van der Waals surface area contributed by atoms with Crippen LogP contribution in [0.4, 0.5) is 4.53 Å². The highest BCUT2D eigenvalue weighted by Crippen LogP contribution is 2.23. The molecule has 2 aromatic rings. The molecule has 1 heterocycles. The zero-order valence-electron chi connectivity index (χ0n) is 5.75. The van der Waals surface area contributed by atoms with Gasteiger partial charge in [-0.3, -0.25) is 0 Å². The second kappa shape index (κ2) is 2.75. The van der Waals surface area contributed by atoms with E-state index in [1.807, 2.05) is 0 Å². The standard InChI is InChI=1S/C7H3BrFNO2/c8-4-1-2-6-5(3-4)10-7(11-6)12-9/h1-3H. The SMILES string of the molecule is FOc1nc2cc(Br)ccc2o1. The molecule has 0 atom stereocenters. The first kappa shape index (κ1) is 7.54. The molecule has 0 bridgehead atoms. The van der Waals surface area contributed by atoms with Gasteiger partial charge in [0.2, 0.25) is 0 Å². The zero-order chi connectivity index (χ0) is 8.55. The van der Waals surface area contributed by atoms with Gasteiger partial charge in [-0.15, -0.1) is 0 Å². The summed E-state index contributed by atoms with van der Waals surface area (Å²) >= 11 is 3.25. The van der Waals surface area contributed by atoms with E-state index in [4.69, 9.17) is 4.42 Å². The molecule has 0 amide bonds. The first-order valence-electron chi connectivity index (χ1n) is 3.14. The number of benzene rings is 1. The van der Waals surface area contributed by atoms with Crippen LogP contribution in [-0.2, 0) is 0 Å². The Kier molecular flexibility index (Phi) is 1.73. The summed E-state index contributed by atoms with van der Waals surface area (Å²) in [4.78, 5) is 7.04. The molecule has 0 aliphatic carbocycles. The highest BCUT2D eigenvalue weighted by molar-refractivity contribution is 9.10. The molecular weight excluding hydrogens is 229 g/mol. The molecule has 0 saturated carbocycles. The van der Waals surface area contributed by atoms with Crippen LogP contribution in [-0.4, -0.2) is 4.98 Å². The highest BCUT2D eigenvalue weighted by atomic mass is 79.9. The molecule has 0 unspecified atom stereocenters. The molecule has 5 heteroatoms. The predicted octanol–water partition coefficient (Wildman–Crippen LogP) is 2.85. The maximum atomic E-state index is 11.6. The van der Waals surface area contributed by atoms with Crippen molar-refractivity contribution in [2.45, 2.75) is 0 Å². The number of hydrogen-bond acceptors (Lipinski definition) is 3. The Bertz CT molecular complexity index is 415. The molecule has 2 rings (SSSR count). The third-order valence-corrected chi connectivity index (χ3v) is 1.89. The van der Waals surface area contributed by atoms with E-state index in [2.05, 4.69) is 25.9 Å². The van der Waals surface area contributed by atoms with Gasteiger partial charge >= 0.3 is 6.08 Å². The van der Waals surface area contributed by atoms with Crippen LogP contribution >= 0.6 is 15.9 Å². The maximum absolute atomic E-state index is 11.6. The Morgan fingerprint density at radius 3 is 3.08 bits per heavy atom. The lowest BCUT2D eigenvalue weighted by Gasteiger charge is -1.85. The Morgan fingerprint density at radius 2 is 2.33 bits per heavy atom. The maximum Gasteiger partial charge on any atom is 0.433 e. The van der Waals surface area contributed by atoms with Crippen molar-refractivity contribution in [2.24, 2.45) is 0 Å². The summed E-state index contributed by atoms with van der Waals surface area (Å²) in [7, 11) is 0. The largest absolute Gasteiger partial charge is 0.433 e. The van der Waals surface area contributed by atoms with Gasteiger partial charge in [0, 0.05) is 9.00 Å². The summed E-state index contributed by atoms with van der Waals surface area (Å²) in [5, 5.41) is 0. The lowest BCUT2D eigenvalue weighted by atomic mass is 10.3. The fourth-order valence-electron chi connectivity index (χ4n) is 0.912. The first-order valence-corrected chi connectivity index (χ1v) is 3.93. The quantitative estimate of drug-likeness (QED) is 0.758. The van der Waals surface area contributed by atoms with Gasteiger partial charge in [0.1, 0.15) is 5.52 Å². The van der Waals surface area contributed by atoms with Crippen LogP contribution in [0.3, 0.4) is 0 Å². The molecule has 0 saturated heterocycles. The van der Waals surface area contributed by atoms with E-state index in [1.165, 1.54) is 0 Å². The van der Waals surface area contributed by atoms with Crippen molar-refractivity contribution in [3.05, 3.63) is 22.7 Å². The molecule has 12 heavy (non-hydrogen) atoms. The Morgan fingerprint density at radius 1 is 1.50 bits per heavy atom. The normalized spacial score (nSPS) is 10.5. The number of halogens is 2. The highest BCUT2D eigenvalue weighted by Gasteiger charge is 2.06. The summed E-state index contributed by atoms with van der Waals surface area (Å²) in [6, 6.07) is 5.16. The second-order valence-corrected chi connectivity index (χ2v) is 3.08. The molecule has 0 N–H and O–H groups in total. The molecule has 1 aromatic carbocycles. The lowest BCUT2D eigenvalue weighted by Crippen LogP contribution is -1.72. The molecular formula is C7H3BrFNO2. The molecule has 0 radical (unpaired) electrons. The van der Waals surface area contributed by atoms with E-state index in [9.17, 15) is 4.53 Å². The third-order valence-electron chi connectivity index (χ3n) is 1.40. The van der Waals surface area contributed by atoms with Crippen LogP contribution < -0.4 is 4.94 Å². The Labute approximate surface area is 75.2 Å². The van der Waals surface area contributed by atoms with Crippen molar-refractivity contribution in [3.8, 4) is 6.08 Å². The van der Waals surface area contributed by atoms with Crippen molar-refractivity contribution in [3.63, 3.8) is 0 Å². The van der Waals surface area contributed by atoms with E-state index in [0.717, 1.165) is 4.47 Å². The van der Waals surface area contributed by atoms with Gasteiger partial charge in [0.15, 0.2) is 5.58 Å². The minimum absolute atomic E-state index is 0.372. The van der Waals surface area contributed by atoms with Gasteiger partial charge in [-0.05, 0) is 18.2 Å². The average Bonchev–Trinajstić information content (AvgIpc) is 2.46. The molecule has 62 valence electrons. The molecule has 0 spiro atoms. The average molecular weight is 232 g/mol. The van der Waals surface area contributed by atoms with Gasteiger partial charge in [0.25, 0.3) is 0 Å². The Hall–Kier alpha value is -1.10. The van der Waals surface area contributed by atoms with Crippen LogP contribution in [0.25, 0.3) is 11.1 Å². The van der Waals surface area contributed by atoms with Gasteiger partial charge in [-0.1, -0.05) is 15.9 Å². The van der Waals surface area contributed by atoms with Crippen molar-refractivity contribution < 1.29 is 13.9 Å². The van der Waals surface area contributed by atoms with Crippen molar-refractivity contribution in [1.29, 1.82) is 0 Å². The summed E-state index contributed by atoms with van der Waals surface area (Å²) in [5.41, 5.74) is 1.04. The predicted molar refractivity (Wildman–Crippen MR) is 43.4 cm³/mol. The van der Waals surface area contributed by atoms with Crippen molar-refractivity contribution >= 4 is 27.0 Å². The van der Waals surface area contributed by atoms with Crippen LogP contribution in [0.1, 0.15) is 0 Å². The molecule has 0 aliphatic heterocycles. The number of oxazole rings is 1. The topological polar surface area (TPSA) is 35.3 Å². The number of aromatic nitrogens is 1. The Balaban J connectivity index is 2.67. The summed E-state index contributed by atoms with van der Waals surface area (Å²) in [5.74, 6) is 0. The van der Waals surface area contributed by atoms with E-state index >= 15 is 0 Å². The summed E-state index contributed by atoms with van der Waals surface area (Å²) in [6.07, 6.45) is -0.372. The first-order chi connectivity index (χ1) is 5.79. The summed E-state index contributed by atoms with van der Waals surface area (Å²) < 4.78 is 17.3. The number of hydrogen-bond donors (Lipinski definition) is 0. The van der Waals surface area contributed by atoms with Gasteiger partial charge in [-0.25, -0.2) is 4.94 Å². The second-order valence-electron chi connectivity index (χ2n) is 2.17. The van der Waals surface area contributed by atoms with E-state index < -0.39 is 0 Å². The lowest BCUT2D eigenvalue weighted by molar-refractivity contribution is -0.0369. The molecule has 0 aliphatic rings. The smallest absolute Gasteiger partial charge is 0.407 e. The fourth-order valence-corrected chi connectivity index (χ4v) is 1.26. The van der Waals surface area contributed by atoms with Crippen LogP contribution in [0, 0.1) is 0 Å². The van der Waals surface area contributed by atoms with Gasteiger partial charge in [0.05, 0.1) is 0 Å². The van der Waals surface area contributed by atoms with Crippen LogP contribution in [0.5, 0.6) is 6.08 Å². The number of fused-ring (bicyclic) bond motifs is 1. The van der Waals surface area contributed by atoms with Crippen LogP contribution in [0.15, 0.2) is 27.1 Å². The van der Waals surface area contributed by atoms with E-state index in [0.29, 0.717) is 11.1 Å². The molecule has 1 aromatic heterocycles. The third kappa shape index (κ3) is 1.16. The monoisotopic (exact) mass is 231 g/mol. The molecule has 3 nitrogen and oxygen atoms in total. The van der Waals surface area contributed by atoms with Crippen LogP contribution in [0.2, 0.25) is 0 Å². The fraction of sp³-hybridized carbons (Fsp3) is 0. The zero-order valence-corrected chi connectivity index (χ0v) is 7.34. The minimum atomic E-state index is -0.372. The van der Waals surface area contributed by atoms with Crippen molar-refractivity contribution in [2.75, 3.05) is 0 Å². The van der Waals surface area contributed by atoms with E-state index in [1.54, 1.807) is 18.2 Å². The van der Waals surface area contributed by atoms with Gasteiger partial charge < -0.3 is 4.42 Å². The van der Waals surface area contributed by atoms with Crippen molar-refractivity contribution in [1.82, 2.24) is 4.98 Å². The number of nitrogens with zero attached hydrogens (tertiary/aromatic N) is 1. The minimum Gasteiger partial charge on any atom is -0.407 e. The van der Waals surface area contributed by atoms with E-state index in [-0.39, 0.29) is 6.08 Å². The summed E-state index contributed by atoms with van der Waals surface area (Å²) in [6.45, 7) is 0. The molecule has 0 fully saturated rings. The van der Waals surface area contributed by atoms with Gasteiger partial charge in [-0.2, -0.15) is 4.98 Å². The number of rotatable bonds is 1.